The molecule has 28 heavy (non-hydrogen) atoms. The first-order valence-corrected chi connectivity index (χ1v) is 10.3. The van der Waals surface area contributed by atoms with E-state index in [1.807, 2.05) is 6.07 Å². The molecule has 7 heteroatoms. The van der Waals surface area contributed by atoms with Crippen molar-refractivity contribution in [3.63, 3.8) is 0 Å². The largest absolute Gasteiger partial charge is 0.452 e. The Balaban J connectivity index is 1.38. The van der Waals surface area contributed by atoms with Gasteiger partial charge in [0.2, 0.25) is 5.91 Å². The van der Waals surface area contributed by atoms with Gasteiger partial charge in [0.1, 0.15) is 6.04 Å². The number of nitrogens with one attached hydrogen (secondary N) is 1. The van der Waals surface area contributed by atoms with E-state index in [1.165, 1.54) is 6.42 Å². The van der Waals surface area contributed by atoms with E-state index in [0.29, 0.717) is 11.3 Å². The number of nitrogens with zero attached hydrogens (tertiary/aromatic N) is 2. The highest BCUT2D eigenvalue weighted by Gasteiger charge is 2.36. The minimum atomic E-state index is -0.541. The van der Waals surface area contributed by atoms with Crippen LogP contribution in [0.4, 0.5) is 11.4 Å². The summed E-state index contributed by atoms with van der Waals surface area (Å²) in [6.45, 7) is 2.08. The van der Waals surface area contributed by atoms with E-state index in [-0.39, 0.29) is 24.5 Å². The Labute approximate surface area is 165 Å². The molecule has 0 bridgehead atoms. The summed E-state index contributed by atoms with van der Waals surface area (Å²) in [4.78, 5) is 40.9. The number of likely N-dealkylation sites (tertiary alicyclic amines) is 1. The molecule has 2 fully saturated rings. The summed E-state index contributed by atoms with van der Waals surface area (Å²) in [6, 6.07) is 5.09. The van der Waals surface area contributed by atoms with Gasteiger partial charge in [-0.25, -0.2) is 4.79 Å². The molecule has 0 spiro atoms. The first-order chi connectivity index (χ1) is 13.6. The second-order valence-electron chi connectivity index (χ2n) is 7.80. The average molecular weight is 385 g/mol. The molecule has 2 amide bonds. The molecule has 1 atom stereocenters. The summed E-state index contributed by atoms with van der Waals surface area (Å²) >= 11 is 0. The third-order valence-corrected chi connectivity index (χ3v) is 5.89. The first-order valence-electron chi connectivity index (χ1n) is 10.3. The molecule has 1 aromatic rings. The highest BCUT2D eigenvalue weighted by molar-refractivity contribution is 6.05. The smallest absolute Gasteiger partial charge is 0.338 e. The Kier molecular flexibility index (Phi) is 5.50. The van der Waals surface area contributed by atoms with Crippen LogP contribution in [0.25, 0.3) is 0 Å². The van der Waals surface area contributed by atoms with Crippen molar-refractivity contribution in [3.05, 3.63) is 23.8 Å². The third kappa shape index (κ3) is 3.84. The molecule has 0 aliphatic carbocycles. The number of hydrogen-bond acceptors (Lipinski definition) is 5. The highest BCUT2D eigenvalue weighted by Crippen LogP contribution is 2.37. The number of hydrogen-bond donors (Lipinski definition) is 1. The predicted octanol–water partition coefficient (Wildman–Crippen LogP) is 2.56. The van der Waals surface area contributed by atoms with Crippen LogP contribution in [0.2, 0.25) is 0 Å². The lowest BCUT2D eigenvalue weighted by atomic mass is 10.1. The number of carbonyl (C=O) groups is 3. The Morgan fingerprint density at radius 1 is 1.04 bits per heavy atom. The molecule has 150 valence electrons. The predicted molar refractivity (Wildman–Crippen MR) is 105 cm³/mol. The van der Waals surface area contributed by atoms with Gasteiger partial charge in [0.05, 0.1) is 16.9 Å². The monoisotopic (exact) mass is 385 g/mol. The van der Waals surface area contributed by atoms with Gasteiger partial charge in [-0.2, -0.15) is 0 Å². The third-order valence-electron chi connectivity index (χ3n) is 5.89. The number of amides is 2. The Morgan fingerprint density at radius 2 is 1.79 bits per heavy atom. The standard InChI is InChI=1S/C21H27N3O4/c25-19(23-10-4-2-1-3-5-11-23)14-28-21(27)15-8-9-17-16(13-15)22-20(26)18-7-6-12-24(17)18/h8-9,13,18H,1-7,10-12,14H2,(H,22,26)/t18-/m0/s1. The van der Waals surface area contributed by atoms with Gasteiger partial charge in [-0.05, 0) is 43.9 Å². The number of fused-ring (bicyclic) bond motifs is 3. The average Bonchev–Trinajstić information content (AvgIpc) is 3.16. The fourth-order valence-electron chi connectivity index (χ4n) is 4.36. The van der Waals surface area contributed by atoms with Crippen LogP contribution in [0.3, 0.4) is 0 Å². The van der Waals surface area contributed by atoms with E-state index in [0.717, 1.165) is 63.8 Å². The van der Waals surface area contributed by atoms with Crippen LogP contribution in [0.1, 0.15) is 55.3 Å². The first kappa shape index (κ1) is 18.8. The normalized spacial score (nSPS) is 21.9. The van der Waals surface area contributed by atoms with Crippen LogP contribution in [0, 0.1) is 0 Å². The Bertz CT molecular complexity index is 771. The summed E-state index contributed by atoms with van der Waals surface area (Å²) in [5, 5.41) is 2.89. The molecule has 3 heterocycles. The van der Waals surface area contributed by atoms with Crippen LogP contribution in [0.15, 0.2) is 18.2 Å². The maximum Gasteiger partial charge on any atom is 0.338 e. The van der Waals surface area contributed by atoms with E-state index in [2.05, 4.69) is 10.2 Å². The van der Waals surface area contributed by atoms with Crippen molar-refractivity contribution in [1.29, 1.82) is 0 Å². The van der Waals surface area contributed by atoms with Gasteiger partial charge < -0.3 is 19.9 Å². The molecule has 3 aliphatic rings. The van der Waals surface area contributed by atoms with Crippen LogP contribution in [-0.4, -0.2) is 55.0 Å². The molecule has 3 aliphatic heterocycles. The molecule has 2 saturated heterocycles. The summed E-state index contributed by atoms with van der Waals surface area (Å²) < 4.78 is 5.26. The van der Waals surface area contributed by atoms with Crippen molar-refractivity contribution >= 4 is 29.2 Å². The summed E-state index contributed by atoms with van der Waals surface area (Å²) in [5.41, 5.74) is 1.92. The van der Waals surface area contributed by atoms with E-state index in [4.69, 9.17) is 4.74 Å². The topological polar surface area (TPSA) is 79.0 Å². The van der Waals surface area contributed by atoms with Gasteiger partial charge >= 0.3 is 5.97 Å². The quantitative estimate of drug-likeness (QED) is 0.809. The minimum Gasteiger partial charge on any atom is -0.452 e. The zero-order valence-corrected chi connectivity index (χ0v) is 16.1. The molecule has 4 rings (SSSR count). The second-order valence-corrected chi connectivity index (χ2v) is 7.80. The molecule has 1 N–H and O–H groups in total. The van der Waals surface area contributed by atoms with Crippen molar-refractivity contribution in [2.45, 2.75) is 51.0 Å². The van der Waals surface area contributed by atoms with Crippen molar-refractivity contribution in [1.82, 2.24) is 4.90 Å². The lowest BCUT2D eigenvalue weighted by Gasteiger charge is -2.33. The van der Waals surface area contributed by atoms with Crippen molar-refractivity contribution in [2.75, 3.05) is 36.5 Å². The zero-order valence-electron chi connectivity index (χ0n) is 16.1. The summed E-state index contributed by atoms with van der Waals surface area (Å²) in [6.07, 6.45) is 7.35. The maximum atomic E-state index is 12.4. The SMILES string of the molecule is O=C(OCC(=O)N1CCCCCCC1)c1ccc2c(c1)NC(=O)[C@@H]1CCCN21. The van der Waals surface area contributed by atoms with Gasteiger partial charge in [0.25, 0.3) is 5.91 Å². The number of anilines is 2. The molecular weight excluding hydrogens is 358 g/mol. The second kappa shape index (κ2) is 8.20. The summed E-state index contributed by atoms with van der Waals surface area (Å²) in [7, 11) is 0. The molecule has 0 saturated carbocycles. The van der Waals surface area contributed by atoms with E-state index in [9.17, 15) is 14.4 Å². The van der Waals surface area contributed by atoms with E-state index >= 15 is 0 Å². The van der Waals surface area contributed by atoms with Gasteiger partial charge in [-0.3, -0.25) is 9.59 Å². The maximum absolute atomic E-state index is 12.4. The zero-order chi connectivity index (χ0) is 19.5. The van der Waals surface area contributed by atoms with Gasteiger partial charge in [-0.1, -0.05) is 19.3 Å². The van der Waals surface area contributed by atoms with Crippen molar-refractivity contribution in [3.8, 4) is 0 Å². The number of ether oxygens (including phenoxy) is 1. The number of rotatable bonds is 3. The molecule has 0 radical (unpaired) electrons. The Morgan fingerprint density at radius 3 is 2.57 bits per heavy atom. The van der Waals surface area contributed by atoms with E-state index in [1.54, 1.807) is 17.0 Å². The van der Waals surface area contributed by atoms with Crippen molar-refractivity contribution in [2.24, 2.45) is 0 Å². The lowest BCUT2D eigenvalue weighted by Crippen LogP contribution is -2.43. The fraction of sp³-hybridized carbons (Fsp3) is 0.571. The van der Waals surface area contributed by atoms with Gasteiger partial charge in [-0.15, -0.1) is 0 Å². The number of esters is 1. The molecule has 0 unspecified atom stereocenters. The number of benzene rings is 1. The molecule has 7 nitrogen and oxygen atoms in total. The fourth-order valence-corrected chi connectivity index (χ4v) is 4.36. The van der Waals surface area contributed by atoms with Gasteiger partial charge in [0, 0.05) is 19.6 Å². The van der Waals surface area contributed by atoms with Crippen LogP contribution in [0.5, 0.6) is 0 Å². The molecule has 0 aromatic heterocycles. The minimum absolute atomic E-state index is 0.0252. The van der Waals surface area contributed by atoms with Crippen LogP contribution < -0.4 is 10.2 Å². The van der Waals surface area contributed by atoms with Crippen LogP contribution in [-0.2, 0) is 14.3 Å². The lowest BCUT2D eigenvalue weighted by molar-refractivity contribution is -0.134. The van der Waals surface area contributed by atoms with Crippen molar-refractivity contribution < 1.29 is 19.1 Å². The van der Waals surface area contributed by atoms with Gasteiger partial charge in [0.15, 0.2) is 6.61 Å². The molecule has 1 aromatic carbocycles. The summed E-state index contributed by atoms with van der Waals surface area (Å²) in [5.74, 6) is -0.704. The van der Waals surface area contributed by atoms with E-state index < -0.39 is 5.97 Å². The van der Waals surface area contributed by atoms with Crippen LogP contribution >= 0.6 is 0 Å². The molecular formula is C21H27N3O4. The Hall–Kier alpha value is -2.57. The number of carbonyl (C=O) groups excluding carboxylic acids is 3. The highest BCUT2D eigenvalue weighted by atomic mass is 16.5.